The van der Waals surface area contributed by atoms with Gasteiger partial charge in [-0.1, -0.05) is 50.1 Å². The third-order valence-electron chi connectivity index (χ3n) is 3.19. The van der Waals surface area contributed by atoms with E-state index in [-0.39, 0.29) is 18.6 Å². The molecule has 24 heavy (non-hydrogen) atoms. The van der Waals surface area contributed by atoms with Gasteiger partial charge in [-0.25, -0.2) is 0 Å². The molecule has 0 N–H and O–H groups in total. The molecule has 1 rings (SSSR count). The zero-order valence-electron chi connectivity index (χ0n) is 13.5. The molecular formula is C17H21F3O4. The summed E-state index contributed by atoms with van der Waals surface area (Å²) in [7, 11) is 0. The SMILES string of the molecule is CCCCCOC(=O)CCC(=O)OC(c1ccccc1)C(F)(F)F. The zero-order chi connectivity index (χ0) is 18.0. The molecule has 0 spiro atoms. The van der Waals surface area contributed by atoms with Crippen molar-refractivity contribution < 1.29 is 32.2 Å². The minimum absolute atomic E-state index is 0.166. The molecule has 0 fully saturated rings. The summed E-state index contributed by atoms with van der Waals surface area (Å²) >= 11 is 0. The normalized spacial score (nSPS) is 12.5. The van der Waals surface area contributed by atoms with Crippen LogP contribution in [0.25, 0.3) is 0 Å². The van der Waals surface area contributed by atoms with Crippen molar-refractivity contribution in [1.29, 1.82) is 0 Å². The van der Waals surface area contributed by atoms with Crippen molar-refractivity contribution >= 4 is 11.9 Å². The summed E-state index contributed by atoms with van der Waals surface area (Å²) in [5.41, 5.74) is -0.166. The van der Waals surface area contributed by atoms with E-state index in [1.54, 1.807) is 6.07 Å². The van der Waals surface area contributed by atoms with Gasteiger partial charge >= 0.3 is 18.1 Å². The largest absolute Gasteiger partial charge is 0.466 e. The molecule has 0 amide bonds. The molecular weight excluding hydrogens is 325 g/mol. The third kappa shape index (κ3) is 7.48. The highest BCUT2D eigenvalue weighted by molar-refractivity contribution is 5.77. The smallest absolute Gasteiger partial charge is 0.429 e. The Bertz CT molecular complexity index is 514. The van der Waals surface area contributed by atoms with Crippen LogP contribution in [0.1, 0.15) is 50.7 Å². The predicted molar refractivity (Wildman–Crippen MR) is 81.0 cm³/mol. The number of carbonyl (C=O) groups excluding carboxylic acids is 2. The average molecular weight is 346 g/mol. The van der Waals surface area contributed by atoms with Gasteiger partial charge < -0.3 is 9.47 Å². The van der Waals surface area contributed by atoms with E-state index in [2.05, 4.69) is 4.74 Å². The summed E-state index contributed by atoms with van der Waals surface area (Å²) in [6.07, 6.45) is -5.21. The Morgan fingerprint density at radius 1 is 1.04 bits per heavy atom. The number of rotatable bonds is 9. The number of hydrogen-bond donors (Lipinski definition) is 0. The molecule has 0 aliphatic carbocycles. The van der Waals surface area contributed by atoms with Crippen molar-refractivity contribution in [2.75, 3.05) is 6.61 Å². The molecule has 0 bridgehead atoms. The second kappa shape index (κ2) is 9.95. The van der Waals surface area contributed by atoms with Crippen LogP contribution in [0.5, 0.6) is 0 Å². The molecule has 134 valence electrons. The summed E-state index contributed by atoms with van der Waals surface area (Å²) < 4.78 is 48.5. The fourth-order valence-corrected chi connectivity index (χ4v) is 1.96. The Morgan fingerprint density at radius 3 is 2.25 bits per heavy atom. The van der Waals surface area contributed by atoms with Gasteiger partial charge in [0.05, 0.1) is 19.4 Å². The van der Waals surface area contributed by atoms with Crippen LogP contribution in [0.3, 0.4) is 0 Å². The number of carbonyl (C=O) groups is 2. The molecule has 0 heterocycles. The molecule has 0 aliphatic heterocycles. The fraction of sp³-hybridized carbons (Fsp3) is 0.529. The van der Waals surface area contributed by atoms with Gasteiger partial charge in [0.1, 0.15) is 0 Å². The number of unbranched alkanes of at least 4 members (excludes halogenated alkanes) is 2. The Kier molecular flexibility index (Phi) is 8.29. The number of alkyl halides is 3. The molecule has 0 radical (unpaired) electrons. The highest BCUT2D eigenvalue weighted by Gasteiger charge is 2.43. The van der Waals surface area contributed by atoms with E-state index >= 15 is 0 Å². The first-order valence-electron chi connectivity index (χ1n) is 7.81. The lowest BCUT2D eigenvalue weighted by atomic mass is 10.1. The number of esters is 2. The van der Waals surface area contributed by atoms with Crippen molar-refractivity contribution in [2.45, 2.75) is 51.3 Å². The van der Waals surface area contributed by atoms with E-state index in [1.165, 1.54) is 24.3 Å². The van der Waals surface area contributed by atoms with Crippen molar-refractivity contribution in [2.24, 2.45) is 0 Å². The van der Waals surface area contributed by atoms with Crippen LogP contribution in [-0.2, 0) is 19.1 Å². The Morgan fingerprint density at radius 2 is 1.67 bits per heavy atom. The van der Waals surface area contributed by atoms with Gasteiger partial charge in [0, 0.05) is 5.56 Å². The van der Waals surface area contributed by atoms with E-state index in [4.69, 9.17) is 4.74 Å². The highest BCUT2D eigenvalue weighted by Crippen LogP contribution is 2.36. The average Bonchev–Trinajstić information content (AvgIpc) is 2.54. The van der Waals surface area contributed by atoms with Crippen molar-refractivity contribution in [3.8, 4) is 0 Å². The lowest BCUT2D eigenvalue weighted by molar-refractivity contribution is -0.224. The van der Waals surface area contributed by atoms with Crippen LogP contribution in [-0.4, -0.2) is 24.7 Å². The molecule has 7 heteroatoms. The quantitative estimate of drug-likeness (QED) is 0.493. The lowest BCUT2D eigenvalue weighted by Gasteiger charge is -2.21. The first kappa shape index (κ1) is 20.0. The Labute approximate surface area is 138 Å². The van der Waals surface area contributed by atoms with Gasteiger partial charge in [0.15, 0.2) is 0 Å². The van der Waals surface area contributed by atoms with E-state index < -0.39 is 30.6 Å². The predicted octanol–water partition coefficient (Wildman–Crippen LogP) is 4.35. The van der Waals surface area contributed by atoms with Crippen LogP contribution in [0.15, 0.2) is 30.3 Å². The van der Waals surface area contributed by atoms with Gasteiger partial charge in [0.2, 0.25) is 6.10 Å². The Balaban J connectivity index is 2.47. The first-order valence-corrected chi connectivity index (χ1v) is 7.81. The van der Waals surface area contributed by atoms with E-state index in [0.717, 1.165) is 19.3 Å². The number of benzene rings is 1. The summed E-state index contributed by atoms with van der Waals surface area (Å²) in [6.45, 7) is 2.25. The van der Waals surface area contributed by atoms with Gasteiger partial charge in [0.25, 0.3) is 0 Å². The molecule has 1 aromatic carbocycles. The van der Waals surface area contributed by atoms with Crippen LogP contribution >= 0.6 is 0 Å². The fourth-order valence-electron chi connectivity index (χ4n) is 1.96. The molecule has 1 unspecified atom stereocenters. The maximum Gasteiger partial charge on any atom is 0.429 e. The number of halogens is 3. The third-order valence-corrected chi connectivity index (χ3v) is 3.19. The van der Waals surface area contributed by atoms with Gasteiger partial charge in [-0.15, -0.1) is 0 Å². The summed E-state index contributed by atoms with van der Waals surface area (Å²) in [5, 5.41) is 0. The molecule has 0 aromatic heterocycles. The van der Waals surface area contributed by atoms with Gasteiger partial charge in [-0.2, -0.15) is 13.2 Å². The van der Waals surface area contributed by atoms with Crippen LogP contribution in [0.4, 0.5) is 13.2 Å². The van der Waals surface area contributed by atoms with Crippen molar-refractivity contribution in [3.63, 3.8) is 0 Å². The summed E-state index contributed by atoms with van der Waals surface area (Å²) in [6, 6.07) is 6.87. The minimum Gasteiger partial charge on any atom is -0.466 e. The van der Waals surface area contributed by atoms with E-state index in [0.29, 0.717) is 0 Å². The summed E-state index contributed by atoms with van der Waals surface area (Å²) in [5.74, 6) is -1.71. The van der Waals surface area contributed by atoms with Gasteiger partial charge in [-0.3, -0.25) is 9.59 Å². The van der Waals surface area contributed by atoms with Gasteiger partial charge in [-0.05, 0) is 6.42 Å². The molecule has 0 aliphatic rings. The second-order valence-electron chi connectivity index (χ2n) is 5.25. The maximum atomic E-state index is 13.0. The minimum atomic E-state index is -4.72. The number of hydrogen-bond acceptors (Lipinski definition) is 4. The maximum absolute atomic E-state index is 13.0. The van der Waals surface area contributed by atoms with Crippen molar-refractivity contribution in [3.05, 3.63) is 35.9 Å². The monoisotopic (exact) mass is 346 g/mol. The topological polar surface area (TPSA) is 52.6 Å². The molecule has 1 aromatic rings. The standard InChI is InChI=1S/C17H21F3O4/c1-2-3-7-12-23-14(21)10-11-15(22)24-16(17(18,19)20)13-8-5-4-6-9-13/h4-6,8-9,16H,2-3,7,10-12H2,1H3. The number of ether oxygens (including phenoxy) is 2. The van der Waals surface area contributed by atoms with Crippen molar-refractivity contribution in [1.82, 2.24) is 0 Å². The zero-order valence-corrected chi connectivity index (χ0v) is 13.5. The first-order chi connectivity index (χ1) is 11.3. The van der Waals surface area contributed by atoms with Crippen LogP contribution in [0, 0.1) is 0 Å². The molecule has 1 atom stereocenters. The Hall–Kier alpha value is -2.05. The molecule has 4 nitrogen and oxygen atoms in total. The second-order valence-corrected chi connectivity index (χ2v) is 5.25. The highest BCUT2D eigenvalue weighted by atomic mass is 19.4. The van der Waals surface area contributed by atoms with Crippen LogP contribution < -0.4 is 0 Å². The van der Waals surface area contributed by atoms with E-state index in [1.807, 2.05) is 6.92 Å². The molecule has 0 saturated heterocycles. The van der Waals surface area contributed by atoms with E-state index in [9.17, 15) is 22.8 Å². The summed E-state index contributed by atoms with van der Waals surface area (Å²) in [4.78, 5) is 23.0. The van der Waals surface area contributed by atoms with Crippen LogP contribution in [0.2, 0.25) is 0 Å². The molecule has 0 saturated carbocycles. The lowest BCUT2D eigenvalue weighted by Crippen LogP contribution is -2.26.